The Balaban J connectivity index is 2.09. The van der Waals surface area contributed by atoms with Gasteiger partial charge in [-0.2, -0.15) is 0 Å². The average molecular weight is 282 g/mol. The second-order valence-corrected chi connectivity index (χ2v) is 7.74. The molecule has 2 N–H and O–H groups in total. The Hall–Kier alpha value is -1.56. The quantitative estimate of drug-likeness (QED) is 0.837. The van der Waals surface area contributed by atoms with Crippen molar-refractivity contribution < 1.29 is 13.2 Å². The Bertz CT molecular complexity index is 608. The fourth-order valence-electron chi connectivity index (χ4n) is 2.03. The molecule has 104 valence electrons. The van der Waals surface area contributed by atoms with Gasteiger partial charge in [0.25, 0.3) is 5.91 Å². The molecule has 0 aromatic heterocycles. The summed E-state index contributed by atoms with van der Waals surface area (Å²) in [5.74, 6) is -0.138. The van der Waals surface area contributed by atoms with E-state index in [9.17, 15) is 13.2 Å². The van der Waals surface area contributed by atoms with Gasteiger partial charge in [-0.25, -0.2) is 8.42 Å². The Labute approximate surface area is 113 Å². The molecule has 1 amide bonds. The monoisotopic (exact) mass is 282 g/mol. The van der Waals surface area contributed by atoms with E-state index >= 15 is 0 Å². The summed E-state index contributed by atoms with van der Waals surface area (Å²) in [4.78, 5) is 13.7. The molecule has 0 saturated carbocycles. The Morgan fingerprint density at radius 1 is 1.37 bits per heavy atom. The highest BCUT2D eigenvalue weighted by Gasteiger charge is 2.28. The molecule has 0 aliphatic carbocycles. The number of rotatable bonds is 4. The van der Waals surface area contributed by atoms with E-state index in [4.69, 9.17) is 5.73 Å². The van der Waals surface area contributed by atoms with Gasteiger partial charge in [0.2, 0.25) is 0 Å². The summed E-state index contributed by atoms with van der Waals surface area (Å²) < 4.78 is 23.5. The first-order valence-electron chi connectivity index (χ1n) is 6.20. The van der Waals surface area contributed by atoms with Crippen LogP contribution in [0.15, 0.2) is 18.2 Å². The highest BCUT2D eigenvalue weighted by atomic mass is 32.2. The number of hydrogen-bond donors (Lipinski definition) is 1. The van der Waals surface area contributed by atoms with Crippen LogP contribution in [0.4, 0.5) is 5.69 Å². The van der Waals surface area contributed by atoms with Crippen LogP contribution in [-0.2, 0) is 16.4 Å². The summed E-state index contributed by atoms with van der Waals surface area (Å²) in [6.07, 6.45) is 0. The van der Waals surface area contributed by atoms with Crippen molar-refractivity contribution >= 4 is 21.4 Å². The van der Waals surface area contributed by atoms with Crippen molar-refractivity contribution in [3.63, 3.8) is 0 Å². The topological polar surface area (TPSA) is 80.5 Å². The zero-order valence-electron chi connectivity index (χ0n) is 11.1. The van der Waals surface area contributed by atoms with Crippen LogP contribution in [-0.4, -0.2) is 36.8 Å². The van der Waals surface area contributed by atoms with E-state index in [0.29, 0.717) is 17.8 Å². The minimum Gasteiger partial charge on any atom is -0.399 e. The number of fused-ring (bicyclic) bond motifs is 1. The Kier molecular flexibility index (Phi) is 3.54. The number of sulfone groups is 1. The summed E-state index contributed by atoms with van der Waals surface area (Å²) in [6.45, 7) is 3.99. The predicted octanol–water partition coefficient (Wildman–Crippen LogP) is 1.05. The molecule has 0 spiro atoms. The van der Waals surface area contributed by atoms with E-state index in [-0.39, 0.29) is 18.2 Å². The molecule has 6 heteroatoms. The van der Waals surface area contributed by atoms with Crippen molar-refractivity contribution in [3.05, 3.63) is 29.3 Å². The highest BCUT2D eigenvalue weighted by Crippen LogP contribution is 2.24. The van der Waals surface area contributed by atoms with Gasteiger partial charge < -0.3 is 10.6 Å². The Morgan fingerprint density at radius 2 is 2.05 bits per heavy atom. The summed E-state index contributed by atoms with van der Waals surface area (Å²) in [5, 5.41) is -0.414. The van der Waals surface area contributed by atoms with Gasteiger partial charge in [0.15, 0.2) is 9.84 Å². The van der Waals surface area contributed by atoms with Crippen LogP contribution in [0.2, 0.25) is 0 Å². The highest BCUT2D eigenvalue weighted by molar-refractivity contribution is 7.92. The number of nitrogens with two attached hydrogens (primary N) is 1. The third kappa shape index (κ3) is 2.73. The van der Waals surface area contributed by atoms with Crippen LogP contribution in [0.25, 0.3) is 0 Å². The van der Waals surface area contributed by atoms with E-state index < -0.39 is 15.1 Å². The summed E-state index contributed by atoms with van der Waals surface area (Å²) in [5.41, 5.74) is 7.69. The fraction of sp³-hybridized carbons (Fsp3) is 0.462. The zero-order chi connectivity index (χ0) is 14.2. The third-order valence-electron chi connectivity index (χ3n) is 3.38. The van der Waals surface area contributed by atoms with E-state index in [1.165, 1.54) is 0 Å². The molecule has 0 radical (unpaired) electrons. The second kappa shape index (κ2) is 4.85. The van der Waals surface area contributed by atoms with E-state index in [0.717, 1.165) is 5.56 Å². The first kappa shape index (κ1) is 13.9. The maximum Gasteiger partial charge on any atom is 0.254 e. The summed E-state index contributed by atoms with van der Waals surface area (Å²) in [7, 11) is -3.12. The molecule has 1 aliphatic rings. The molecule has 0 atom stereocenters. The van der Waals surface area contributed by atoms with Crippen molar-refractivity contribution in [1.82, 2.24) is 4.90 Å². The number of nitrogen functional groups attached to an aromatic ring is 1. The molecule has 1 heterocycles. The Morgan fingerprint density at radius 3 is 2.68 bits per heavy atom. The van der Waals surface area contributed by atoms with Crippen LogP contribution in [0.5, 0.6) is 0 Å². The lowest BCUT2D eigenvalue weighted by Crippen LogP contribution is -2.32. The first-order valence-corrected chi connectivity index (χ1v) is 7.92. The van der Waals surface area contributed by atoms with Crippen LogP contribution >= 0.6 is 0 Å². The smallest absolute Gasteiger partial charge is 0.254 e. The van der Waals surface area contributed by atoms with Crippen molar-refractivity contribution in [2.75, 3.05) is 18.0 Å². The molecule has 1 aromatic carbocycles. The van der Waals surface area contributed by atoms with Gasteiger partial charge in [0.05, 0.1) is 11.0 Å². The van der Waals surface area contributed by atoms with Gasteiger partial charge in [-0.3, -0.25) is 4.79 Å². The van der Waals surface area contributed by atoms with Gasteiger partial charge in [0.1, 0.15) is 0 Å². The third-order valence-corrected chi connectivity index (χ3v) is 5.56. The van der Waals surface area contributed by atoms with E-state index in [1.807, 2.05) is 6.07 Å². The summed E-state index contributed by atoms with van der Waals surface area (Å²) in [6, 6.07) is 5.22. The number of hydrogen-bond acceptors (Lipinski definition) is 4. The lowest BCUT2D eigenvalue weighted by Gasteiger charge is -2.16. The molecular weight excluding hydrogens is 264 g/mol. The number of carbonyl (C=O) groups is 1. The largest absolute Gasteiger partial charge is 0.399 e. The van der Waals surface area contributed by atoms with Crippen molar-refractivity contribution in [2.45, 2.75) is 25.6 Å². The van der Waals surface area contributed by atoms with Crippen LogP contribution < -0.4 is 5.73 Å². The molecule has 0 saturated heterocycles. The van der Waals surface area contributed by atoms with Crippen LogP contribution in [0, 0.1) is 0 Å². The number of carbonyl (C=O) groups excluding carboxylic acids is 1. The van der Waals surface area contributed by atoms with Gasteiger partial charge in [-0.05, 0) is 31.5 Å². The van der Waals surface area contributed by atoms with Crippen molar-refractivity contribution in [1.29, 1.82) is 0 Å². The predicted molar refractivity (Wildman–Crippen MR) is 74.5 cm³/mol. The second-order valence-electron chi connectivity index (χ2n) is 5.06. The average Bonchev–Trinajstić information content (AvgIpc) is 2.64. The van der Waals surface area contributed by atoms with Gasteiger partial charge in [-0.1, -0.05) is 6.07 Å². The molecule has 0 bridgehead atoms. The minimum absolute atomic E-state index is 0.000122. The first-order chi connectivity index (χ1) is 8.81. The molecule has 1 aromatic rings. The molecule has 2 rings (SSSR count). The molecule has 0 unspecified atom stereocenters. The number of amides is 1. The van der Waals surface area contributed by atoms with Gasteiger partial charge in [-0.15, -0.1) is 0 Å². The number of benzene rings is 1. The number of nitrogens with zero attached hydrogens (tertiary/aromatic N) is 1. The number of anilines is 1. The molecule has 19 heavy (non-hydrogen) atoms. The minimum atomic E-state index is -3.12. The van der Waals surface area contributed by atoms with Gasteiger partial charge in [0, 0.05) is 24.3 Å². The van der Waals surface area contributed by atoms with Crippen LogP contribution in [0.1, 0.15) is 29.8 Å². The van der Waals surface area contributed by atoms with Crippen LogP contribution in [0.3, 0.4) is 0 Å². The zero-order valence-corrected chi connectivity index (χ0v) is 11.9. The normalized spacial score (nSPS) is 15.1. The SMILES string of the molecule is CC(C)S(=O)(=O)CCN1Cc2ccc(N)cc2C1=O. The lowest BCUT2D eigenvalue weighted by atomic mass is 10.1. The molecule has 0 fully saturated rings. The van der Waals surface area contributed by atoms with Crippen molar-refractivity contribution in [3.8, 4) is 0 Å². The fourth-order valence-corrected chi connectivity index (χ4v) is 2.98. The lowest BCUT2D eigenvalue weighted by molar-refractivity contribution is 0.0788. The maximum atomic E-state index is 12.1. The van der Waals surface area contributed by atoms with Gasteiger partial charge >= 0.3 is 0 Å². The van der Waals surface area contributed by atoms with E-state index in [2.05, 4.69) is 0 Å². The van der Waals surface area contributed by atoms with E-state index in [1.54, 1.807) is 30.9 Å². The molecule has 1 aliphatic heterocycles. The molecule has 5 nitrogen and oxygen atoms in total. The molecular formula is C13H18N2O3S. The maximum absolute atomic E-state index is 12.1. The summed E-state index contributed by atoms with van der Waals surface area (Å²) >= 11 is 0. The van der Waals surface area contributed by atoms with Crippen molar-refractivity contribution in [2.24, 2.45) is 0 Å². The standard InChI is InChI=1S/C13H18N2O3S/c1-9(2)19(17,18)6-5-15-8-10-3-4-11(14)7-12(10)13(15)16/h3-4,7,9H,5-6,8,14H2,1-2H3.